The summed E-state index contributed by atoms with van der Waals surface area (Å²) in [5.41, 5.74) is 5.69. The minimum atomic E-state index is -0.524. The molecule has 96 valence electrons. The molecule has 18 heavy (non-hydrogen) atoms. The van der Waals surface area contributed by atoms with Gasteiger partial charge in [0.05, 0.1) is 13.0 Å². The molecular weight excluding hydrogens is 234 g/mol. The van der Waals surface area contributed by atoms with Crippen LogP contribution in [0, 0.1) is 0 Å². The smallest absolute Gasteiger partial charge is 0.243 e. The van der Waals surface area contributed by atoms with Crippen LogP contribution in [0.15, 0.2) is 24.3 Å². The largest absolute Gasteiger partial charge is 0.494 e. The van der Waals surface area contributed by atoms with E-state index in [1.165, 1.54) is 0 Å². The van der Waals surface area contributed by atoms with E-state index in [0.717, 1.165) is 5.75 Å². The Hall–Kier alpha value is -2.08. The lowest BCUT2D eigenvalue weighted by atomic mass is 10.2. The van der Waals surface area contributed by atoms with Crippen molar-refractivity contribution in [3.63, 3.8) is 0 Å². The number of rotatable bonds is 4. The molecule has 2 rings (SSSR count). The Morgan fingerprint density at radius 2 is 2.17 bits per heavy atom. The molecule has 0 aromatic heterocycles. The highest BCUT2D eigenvalue weighted by molar-refractivity contribution is 5.99. The average molecular weight is 249 g/mol. The van der Waals surface area contributed by atoms with Crippen molar-refractivity contribution in [3.8, 4) is 5.75 Å². The number of carbonyl (C=O) groups excluding carboxylic acids is 2. The SMILES string of the molecule is CCOc1ccc(NC(=O)C2CC(=O)NN2)cc1. The van der Waals surface area contributed by atoms with Crippen LogP contribution >= 0.6 is 0 Å². The summed E-state index contributed by atoms with van der Waals surface area (Å²) in [6, 6.07) is 6.55. The molecule has 1 fully saturated rings. The Labute approximate surface area is 105 Å². The van der Waals surface area contributed by atoms with Crippen molar-refractivity contribution < 1.29 is 14.3 Å². The van der Waals surface area contributed by atoms with Gasteiger partial charge in [0.15, 0.2) is 0 Å². The van der Waals surface area contributed by atoms with E-state index >= 15 is 0 Å². The van der Waals surface area contributed by atoms with E-state index in [0.29, 0.717) is 12.3 Å². The van der Waals surface area contributed by atoms with Gasteiger partial charge in [-0.3, -0.25) is 15.0 Å². The van der Waals surface area contributed by atoms with Crippen molar-refractivity contribution in [2.45, 2.75) is 19.4 Å². The maximum Gasteiger partial charge on any atom is 0.243 e. The van der Waals surface area contributed by atoms with E-state index < -0.39 is 6.04 Å². The van der Waals surface area contributed by atoms with Crippen molar-refractivity contribution >= 4 is 17.5 Å². The van der Waals surface area contributed by atoms with Gasteiger partial charge in [-0.05, 0) is 31.2 Å². The third kappa shape index (κ3) is 2.98. The van der Waals surface area contributed by atoms with Crippen LogP contribution in [-0.2, 0) is 9.59 Å². The molecule has 1 aromatic carbocycles. The molecule has 1 saturated heterocycles. The lowest BCUT2D eigenvalue weighted by molar-refractivity contribution is -0.121. The first kappa shape index (κ1) is 12.4. The number of hydrogen-bond acceptors (Lipinski definition) is 4. The number of anilines is 1. The third-order valence-electron chi connectivity index (χ3n) is 2.52. The first-order chi connectivity index (χ1) is 8.69. The topological polar surface area (TPSA) is 79.5 Å². The molecule has 1 aromatic rings. The van der Waals surface area contributed by atoms with Gasteiger partial charge in [-0.2, -0.15) is 0 Å². The Kier molecular flexibility index (Phi) is 3.78. The van der Waals surface area contributed by atoms with Gasteiger partial charge in [0.1, 0.15) is 11.8 Å². The molecule has 3 N–H and O–H groups in total. The van der Waals surface area contributed by atoms with Crippen molar-refractivity contribution in [1.82, 2.24) is 10.9 Å². The zero-order chi connectivity index (χ0) is 13.0. The van der Waals surface area contributed by atoms with Crippen LogP contribution in [0.3, 0.4) is 0 Å². The maximum atomic E-state index is 11.8. The Morgan fingerprint density at radius 3 is 2.72 bits per heavy atom. The number of ether oxygens (including phenoxy) is 1. The monoisotopic (exact) mass is 249 g/mol. The van der Waals surface area contributed by atoms with Gasteiger partial charge < -0.3 is 10.1 Å². The van der Waals surface area contributed by atoms with E-state index in [-0.39, 0.29) is 18.2 Å². The number of amides is 2. The molecule has 1 atom stereocenters. The fourth-order valence-electron chi connectivity index (χ4n) is 1.64. The summed E-state index contributed by atoms with van der Waals surface area (Å²) >= 11 is 0. The molecule has 0 saturated carbocycles. The summed E-state index contributed by atoms with van der Waals surface area (Å²) in [6.07, 6.45) is 0.156. The Bertz CT molecular complexity index is 444. The molecular formula is C12H15N3O3. The van der Waals surface area contributed by atoms with Crippen molar-refractivity contribution in [2.24, 2.45) is 0 Å². The highest BCUT2D eigenvalue weighted by atomic mass is 16.5. The van der Waals surface area contributed by atoms with Crippen LogP contribution in [-0.4, -0.2) is 24.5 Å². The summed E-state index contributed by atoms with van der Waals surface area (Å²) in [7, 11) is 0. The number of hydrogen-bond donors (Lipinski definition) is 3. The van der Waals surface area contributed by atoms with Gasteiger partial charge in [0.25, 0.3) is 0 Å². The molecule has 0 spiro atoms. The summed E-state index contributed by atoms with van der Waals surface area (Å²) in [5, 5.41) is 2.72. The molecule has 0 radical (unpaired) electrons. The fraction of sp³-hybridized carbons (Fsp3) is 0.333. The Balaban J connectivity index is 1.92. The van der Waals surface area contributed by atoms with E-state index in [9.17, 15) is 9.59 Å². The molecule has 0 bridgehead atoms. The molecule has 1 heterocycles. The number of hydrazine groups is 1. The lowest BCUT2D eigenvalue weighted by Crippen LogP contribution is -2.39. The van der Waals surface area contributed by atoms with Crippen molar-refractivity contribution in [3.05, 3.63) is 24.3 Å². The van der Waals surface area contributed by atoms with Crippen molar-refractivity contribution in [2.75, 3.05) is 11.9 Å². The number of carbonyl (C=O) groups is 2. The predicted octanol–water partition coefficient (Wildman–Crippen LogP) is 0.417. The van der Waals surface area contributed by atoms with E-state index in [4.69, 9.17) is 4.74 Å². The standard InChI is InChI=1S/C12H15N3O3/c1-2-18-9-5-3-8(4-6-9)13-12(17)10-7-11(16)15-14-10/h3-6,10,14H,2,7H2,1H3,(H,13,17)(H,15,16). The summed E-state index contributed by atoms with van der Waals surface area (Å²) in [5.74, 6) is 0.339. The van der Waals surface area contributed by atoms with Gasteiger partial charge >= 0.3 is 0 Å². The van der Waals surface area contributed by atoms with Gasteiger partial charge in [0, 0.05) is 5.69 Å². The zero-order valence-electron chi connectivity index (χ0n) is 10.0. The molecule has 6 nitrogen and oxygen atoms in total. The first-order valence-electron chi connectivity index (χ1n) is 5.77. The number of benzene rings is 1. The number of nitrogens with one attached hydrogen (secondary N) is 3. The van der Waals surface area contributed by atoms with Crippen LogP contribution in [0.2, 0.25) is 0 Å². The fourth-order valence-corrected chi connectivity index (χ4v) is 1.64. The predicted molar refractivity (Wildman–Crippen MR) is 65.9 cm³/mol. The molecule has 1 aliphatic heterocycles. The normalized spacial score (nSPS) is 18.3. The second-order valence-electron chi connectivity index (χ2n) is 3.90. The van der Waals surface area contributed by atoms with Gasteiger partial charge in [0.2, 0.25) is 11.8 Å². The van der Waals surface area contributed by atoms with Crippen LogP contribution in [0.5, 0.6) is 5.75 Å². The maximum absolute atomic E-state index is 11.8. The van der Waals surface area contributed by atoms with Crippen LogP contribution in [0.4, 0.5) is 5.69 Å². The molecule has 6 heteroatoms. The second-order valence-corrected chi connectivity index (χ2v) is 3.90. The minimum Gasteiger partial charge on any atom is -0.494 e. The van der Waals surface area contributed by atoms with Crippen molar-refractivity contribution in [1.29, 1.82) is 0 Å². The van der Waals surface area contributed by atoms with Crippen LogP contribution in [0.25, 0.3) is 0 Å². The van der Waals surface area contributed by atoms with Gasteiger partial charge in [-0.1, -0.05) is 0 Å². The molecule has 2 amide bonds. The first-order valence-corrected chi connectivity index (χ1v) is 5.77. The Morgan fingerprint density at radius 1 is 1.44 bits per heavy atom. The van der Waals surface area contributed by atoms with E-state index in [1.54, 1.807) is 24.3 Å². The summed E-state index contributed by atoms with van der Waals surface area (Å²) < 4.78 is 5.30. The zero-order valence-corrected chi connectivity index (χ0v) is 10.0. The van der Waals surface area contributed by atoms with Crippen LogP contribution < -0.4 is 20.9 Å². The van der Waals surface area contributed by atoms with E-state index in [1.807, 2.05) is 6.92 Å². The molecule has 0 aliphatic carbocycles. The van der Waals surface area contributed by atoms with E-state index in [2.05, 4.69) is 16.2 Å². The summed E-state index contributed by atoms with van der Waals surface area (Å²) in [4.78, 5) is 22.7. The minimum absolute atomic E-state index is 0.156. The molecule has 1 aliphatic rings. The lowest BCUT2D eigenvalue weighted by Gasteiger charge is -2.10. The quantitative estimate of drug-likeness (QED) is 0.722. The highest BCUT2D eigenvalue weighted by Gasteiger charge is 2.27. The van der Waals surface area contributed by atoms with Crippen LogP contribution in [0.1, 0.15) is 13.3 Å². The van der Waals surface area contributed by atoms with Gasteiger partial charge in [-0.15, -0.1) is 0 Å². The van der Waals surface area contributed by atoms with Gasteiger partial charge in [-0.25, -0.2) is 5.43 Å². The second kappa shape index (κ2) is 5.50. The average Bonchev–Trinajstić information content (AvgIpc) is 2.79. The summed E-state index contributed by atoms with van der Waals surface area (Å²) in [6.45, 7) is 2.51. The highest BCUT2D eigenvalue weighted by Crippen LogP contribution is 2.16. The molecule has 1 unspecified atom stereocenters. The third-order valence-corrected chi connectivity index (χ3v) is 2.52.